The Kier molecular flexibility index (Phi) is 13.9. The molecule has 0 saturated heterocycles. The Morgan fingerprint density at radius 1 is 0.976 bits per heavy atom. The van der Waals surface area contributed by atoms with E-state index in [0.717, 1.165) is 24.0 Å². The van der Waals surface area contributed by atoms with E-state index >= 15 is 0 Å². The summed E-state index contributed by atoms with van der Waals surface area (Å²) in [6.45, 7) is 6.29. The van der Waals surface area contributed by atoms with Crippen LogP contribution in [0.2, 0.25) is 0 Å². The molecule has 9 nitrogen and oxygen atoms in total. The third-order valence-electron chi connectivity index (χ3n) is 6.20. The van der Waals surface area contributed by atoms with Crippen LogP contribution in [0.4, 0.5) is 0 Å². The Balaban J connectivity index is 2.06. The highest BCUT2D eigenvalue weighted by Gasteiger charge is 2.31. The molecule has 15 heteroatoms. The second-order valence-corrected chi connectivity index (χ2v) is 20.8. The van der Waals surface area contributed by atoms with Crippen LogP contribution >= 0.6 is 34.2 Å². The standard InChI is InChI=1S/C26H37Cl2N7O2P2S2/c1-7-9-18-25(3,32-33-29)36-23-14-10-21(11-15-23)19-30-34(5)38(40)26(4,8-2)37-24-16-12-22(13-17-24)20-31-35(6)39(27,28)41/h10-17,19-20,38H,7-9,18H2,1-6H3/b30-19+,31-20+. The summed E-state index contributed by atoms with van der Waals surface area (Å²) in [7, 11) is 3.52. The Labute approximate surface area is 263 Å². The highest BCUT2D eigenvalue weighted by Crippen LogP contribution is 2.59. The summed E-state index contributed by atoms with van der Waals surface area (Å²) in [5.74, 6) is 1.32. The predicted molar refractivity (Wildman–Crippen MR) is 182 cm³/mol. The molecule has 3 atom stereocenters. The zero-order valence-corrected chi connectivity index (χ0v) is 29.1. The monoisotopic (exact) mass is 675 g/mol. The molecule has 0 spiro atoms. The van der Waals surface area contributed by atoms with E-state index in [9.17, 15) is 0 Å². The van der Waals surface area contributed by atoms with Crippen molar-refractivity contribution in [2.75, 3.05) is 14.1 Å². The topological polar surface area (TPSA) is 98.4 Å². The Morgan fingerprint density at radius 3 is 1.95 bits per heavy atom. The van der Waals surface area contributed by atoms with Crippen molar-refractivity contribution in [1.82, 2.24) is 9.56 Å². The molecule has 2 rings (SSSR count). The summed E-state index contributed by atoms with van der Waals surface area (Å²) in [5.41, 5.74) is 9.75. The first-order valence-electron chi connectivity index (χ1n) is 13.0. The molecule has 0 aromatic heterocycles. The van der Waals surface area contributed by atoms with Gasteiger partial charge >= 0.3 is 0 Å². The number of unbranched alkanes of at least 4 members (excludes halogenated alkanes) is 1. The number of halogens is 2. The zero-order valence-electron chi connectivity index (χ0n) is 24.1. The van der Waals surface area contributed by atoms with Gasteiger partial charge in [-0.05, 0) is 138 Å². The lowest BCUT2D eigenvalue weighted by Crippen LogP contribution is -2.30. The molecule has 41 heavy (non-hydrogen) atoms. The minimum Gasteiger partial charge on any atom is -0.481 e. The van der Waals surface area contributed by atoms with Crippen LogP contribution < -0.4 is 9.47 Å². The van der Waals surface area contributed by atoms with E-state index in [1.54, 1.807) is 26.4 Å². The molecule has 0 radical (unpaired) electrons. The molecule has 0 aliphatic carbocycles. The van der Waals surface area contributed by atoms with Gasteiger partial charge in [0.2, 0.25) is 4.89 Å². The molecular weight excluding hydrogens is 639 g/mol. The number of ether oxygens (including phenoxy) is 2. The third-order valence-corrected chi connectivity index (χ3v) is 13.2. The highest BCUT2D eigenvalue weighted by molar-refractivity contribution is 8.37. The number of rotatable bonds is 16. The molecule has 0 aliphatic heterocycles. The van der Waals surface area contributed by atoms with Gasteiger partial charge in [0.25, 0.3) is 0 Å². The van der Waals surface area contributed by atoms with E-state index in [4.69, 9.17) is 61.1 Å². The Bertz CT molecular complexity index is 1320. The van der Waals surface area contributed by atoms with Gasteiger partial charge in [-0.25, -0.2) is 4.78 Å². The van der Waals surface area contributed by atoms with Crippen LogP contribution in [0.5, 0.6) is 11.5 Å². The maximum Gasteiger partial charge on any atom is 0.222 e. The van der Waals surface area contributed by atoms with Crippen molar-refractivity contribution < 1.29 is 9.47 Å². The predicted octanol–water partition coefficient (Wildman–Crippen LogP) is 9.31. The van der Waals surface area contributed by atoms with Gasteiger partial charge in [0.1, 0.15) is 16.8 Å². The van der Waals surface area contributed by atoms with E-state index in [1.807, 2.05) is 67.3 Å². The van der Waals surface area contributed by atoms with Gasteiger partial charge < -0.3 is 9.47 Å². The summed E-state index contributed by atoms with van der Waals surface area (Å²) in [5, 5.41) is 12.1. The molecule has 0 bridgehead atoms. The fraction of sp³-hybridized carbons (Fsp3) is 0.462. The fourth-order valence-corrected chi connectivity index (χ4v) is 6.09. The van der Waals surface area contributed by atoms with Gasteiger partial charge in [-0.2, -0.15) is 10.2 Å². The van der Waals surface area contributed by atoms with Crippen molar-refractivity contribution in [2.45, 2.75) is 64.4 Å². The van der Waals surface area contributed by atoms with Crippen LogP contribution in [0.1, 0.15) is 64.5 Å². The number of benzene rings is 2. The highest BCUT2D eigenvalue weighted by atomic mass is 35.9. The number of hydrazone groups is 2. The van der Waals surface area contributed by atoms with Crippen molar-refractivity contribution in [3.05, 3.63) is 70.1 Å². The molecule has 0 amide bonds. The van der Waals surface area contributed by atoms with Crippen molar-refractivity contribution in [3.8, 4) is 11.5 Å². The van der Waals surface area contributed by atoms with Crippen LogP contribution in [-0.4, -0.2) is 47.2 Å². The Hall–Kier alpha value is -1.83. The molecule has 0 aliphatic rings. The molecule has 0 saturated carbocycles. The molecular formula is C26H37Cl2N7O2P2S2. The minimum absolute atomic E-state index is 0.590. The smallest absolute Gasteiger partial charge is 0.222 e. The summed E-state index contributed by atoms with van der Waals surface area (Å²) in [6.07, 6.45) is 6.63. The second-order valence-electron chi connectivity index (χ2n) is 9.64. The first kappa shape index (κ1) is 35.4. The molecule has 0 fully saturated rings. The van der Waals surface area contributed by atoms with Gasteiger partial charge in [-0.3, -0.25) is 4.78 Å². The van der Waals surface area contributed by atoms with Crippen molar-refractivity contribution in [1.29, 1.82) is 0 Å². The average molecular weight is 677 g/mol. The SMILES string of the molecule is CCCCC(C)(N=[N+]=[N-])Oc1ccc(/C=N/N(C)[PH](=S)C(C)(CC)Oc2ccc(/C=N/N(C)P(=S)(Cl)Cl)cc2)cc1. The largest absolute Gasteiger partial charge is 0.481 e. The average Bonchev–Trinajstić information content (AvgIpc) is 2.94. The summed E-state index contributed by atoms with van der Waals surface area (Å²) < 4.78 is 15.6. The first-order chi connectivity index (χ1) is 19.2. The maximum atomic E-state index is 8.94. The van der Waals surface area contributed by atoms with Crippen LogP contribution in [0.15, 0.2) is 63.8 Å². The number of hydrogen-bond acceptors (Lipinski definition) is 7. The molecule has 2 aromatic carbocycles. The number of hydrogen-bond donors (Lipinski definition) is 0. The van der Waals surface area contributed by atoms with Gasteiger partial charge in [0.15, 0.2) is 5.72 Å². The lowest BCUT2D eigenvalue weighted by atomic mass is 10.1. The Morgan fingerprint density at radius 2 is 1.49 bits per heavy atom. The molecule has 3 unspecified atom stereocenters. The lowest BCUT2D eigenvalue weighted by Gasteiger charge is -2.34. The number of azide groups is 1. The zero-order chi connectivity index (χ0) is 30.7. The van der Waals surface area contributed by atoms with Gasteiger partial charge in [0.05, 0.1) is 19.3 Å². The minimum atomic E-state index is -2.65. The third kappa shape index (κ3) is 11.4. The summed E-state index contributed by atoms with van der Waals surface area (Å²) in [4.78, 5) is 0.303. The molecule has 2 aromatic rings. The number of nitrogens with zero attached hydrogens (tertiary/aromatic N) is 7. The van der Waals surface area contributed by atoms with Gasteiger partial charge in [0, 0.05) is 19.0 Å². The summed E-state index contributed by atoms with van der Waals surface area (Å²) in [6, 6.07) is 15.0. The fourth-order valence-electron chi connectivity index (χ4n) is 3.50. The van der Waals surface area contributed by atoms with E-state index in [-0.39, 0.29) is 0 Å². The quantitative estimate of drug-likeness (QED) is 0.0439. The molecule has 0 heterocycles. The summed E-state index contributed by atoms with van der Waals surface area (Å²) >= 11 is 22.9. The van der Waals surface area contributed by atoms with Crippen LogP contribution in [0.3, 0.4) is 0 Å². The normalized spacial score (nSPS) is 15.5. The van der Waals surface area contributed by atoms with Crippen molar-refractivity contribution in [3.63, 3.8) is 0 Å². The van der Waals surface area contributed by atoms with Crippen molar-refractivity contribution >= 4 is 70.3 Å². The molecule has 0 N–H and O–H groups in total. The van der Waals surface area contributed by atoms with Crippen LogP contribution in [0.25, 0.3) is 10.4 Å². The van der Waals surface area contributed by atoms with E-state index in [0.29, 0.717) is 24.3 Å². The second kappa shape index (κ2) is 16.1. The van der Waals surface area contributed by atoms with Crippen LogP contribution in [0, 0.1) is 0 Å². The van der Waals surface area contributed by atoms with Crippen LogP contribution in [-0.2, 0) is 23.6 Å². The molecule has 224 valence electrons. The van der Waals surface area contributed by atoms with E-state index in [2.05, 4.69) is 34.1 Å². The first-order valence-corrected chi connectivity index (χ1v) is 20.1. The lowest BCUT2D eigenvalue weighted by molar-refractivity contribution is 0.0840. The van der Waals surface area contributed by atoms with E-state index < -0.39 is 22.8 Å². The van der Waals surface area contributed by atoms with Crippen molar-refractivity contribution in [2.24, 2.45) is 15.3 Å². The van der Waals surface area contributed by atoms with Gasteiger partial charge in [-0.15, -0.1) is 0 Å². The maximum absolute atomic E-state index is 8.94. The van der Waals surface area contributed by atoms with Gasteiger partial charge in [-0.1, -0.05) is 32.1 Å². The van der Waals surface area contributed by atoms with E-state index in [1.165, 1.54) is 4.78 Å².